The van der Waals surface area contributed by atoms with E-state index in [1.54, 1.807) is 4.68 Å². The Morgan fingerprint density at radius 3 is 2.61 bits per heavy atom. The number of aromatic nitrogens is 4. The van der Waals surface area contributed by atoms with Crippen LogP contribution < -0.4 is 5.56 Å². The van der Waals surface area contributed by atoms with E-state index in [0.29, 0.717) is 18.9 Å². The molecule has 1 spiro atoms. The van der Waals surface area contributed by atoms with Crippen molar-refractivity contribution in [1.82, 2.24) is 24.6 Å². The minimum Gasteiger partial charge on any atom is -0.337 e. The van der Waals surface area contributed by atoms with E-state index in [9.17, 15) is 9.59 Å². The van der Waals surface area contributed by atoms with E-state index in [1.807, 2.05) is 18.9 Å². The van der Waals surface area contributed by atoms with Crippen molar-refractivity contribution in [2.75, 3.05) is 13.1 Å². The van der Waals surface area contributed by atoms with Crippen LogP contribution in [-0.2, 0) is 31.7 Å². The molecular formula is C21H27N5O2. The number of H-pyrrole nitrogens is 1. The van der Waals surface area contributed by atoms with Crippen LogP contribution in [0.15, 0.2) is 4.79 Å². The van der Waals surface area contributed by atoms with Crippen molar-refractivity contribution < 1.29 is 4.79 Å². The second kappa shape index (κ2) is 6.29. The number of carbonyl (C=O) groups excluding carboxylic acids is 1. The van der Waals surface area contributed by atoms with E-state index in [0.717, 1.165) is 79.6 Å². The van der Waals surface area contributed by atoms with Gasteiger partial charge in [-0.15, -0.1) is 0 Å². The van der Waals surface area contributed by atoms with Gasteiger partial charge >= 0.3 is 0 Å². The van der Waals surface area contributed by atoms with Crippen LogP contribution >= 0.6 is 0 Å². The highest BCUT2D eigenvalue weighted by molar-refractivity contribution is 5.94. The van der Waals surface area contributed by atoms with Gasteiger partial charge in [0.1, 0.15) is 11.5 Å². The van der Waals surface area contributed by atoms with Crippen molar-refractivity contribution >= 4 is 5.91 Å². The third kappa shape index (κ3) is 2.55. The second-order valence-corrected chi connectivity index (χ2v) is 8.66. The minimum atomic E-state index is -0.0446. The van der Waals surface area contributed by atoms with Gasteiger partial charge in [0, 0.05) is 36.7 Å². The molecule has 28 heavy (non-hydrogen) atoms. The first-order valence-corrected chi connectivity index (χ1v) is 10.4. The summed E-state index contributed by atoms with van der Waals surface area (Å²) in [6.07, 6.45) is 7.75. The third-order valence-corrected chi connectivity index (χ3v) is 7.02. The molecule has 0 atom stereocenters. The summed E-state index contributed by atoms with van der Waals surface area (Å²) in [4.78, 5) is 35.1. The van der Waals surface area contributed by atoms with Crippen LogP contribution in [-0.4, -0.2) is 43.6 Å². The van der Waals surface area contributed by atoms with Gasteiger partial charge in [-0.05, 0) is 58.3 Å². The van der Waals surface area contributed by atoms with Crippen LogP contribution in [0.1, 0.15) is 70.9 Å². The summed E-state index contributed by atoms with van der Waals surface area (Å²) in [7, 11) is 1.89. The molecule has 2 aliphatic carbocycles. The van der Waals surface area contributed by atoms with Gasteiger partial charge in [0.15, 0.2) is 0 Å². The number of amides is 1. The Hall–Kier alpha value is -2.44. The maximum atomic E-state index is 13.3. The van der Waals surface area contributed by atoms with Crippen molar-refractivity contribution in [2.45, 2.75) is 63.7 Å². The van der Waals surface area contributed by atoms with E-state index in [1.165, 1.54) is 0 Å². The zero-order valence-corrected chi connectivity index (χ0v) is 16.7. The lowest BCUT2D eigenvalue weighted by Gasteiger charge is -2.39. The standard InChI is InChI=1S/C21H27N5O2/c1-13-22-18-15(19(27)23-13)7-8-21(18)9-11-26(12-10-21)20(28)17-14-5-3-4-6-16(14)24-25(17)2/h3-12H2,1-2H3,(H,22,23,27). The first kappa shape index (κ1) is 17.6. The van der Waals surface area contributed by atoms with Gasteiger partial charge in [-0.25, -0.2) is 4.98 Å². The largest absolute Gasteiger partial charge is 0.337 e. The normalized spacial score (nSPS) is 20.3. The average molecular weight is 381 g/mol. The summed E-state index contributed by atoms with van der Waals surface area (Å²) in [5.74, 6) is 0.798. The van der Waals surface area contributed by atoms with Crippen molar-refractivity contribution in [3.05, 3.63) is 44.4 Å². The van der Waals surface area contributed by atoms with Crippen LogP contribution in [0.3, 0.4) is 0 Å². The highest BCUT2D eigenvalue weighted by Crippen LogP contribution is 2.44. The minimum absolute atomic E-state index is 0.0133. The zero-order valence-electron chi connectivity index (χ0n) is 16.7. The van der Waals surface area contributed by atoms with Crippen LogP contribution in [0.2, 0.25) is 0 Å². The number of aromatic amines is 1. The van der Waals surface area contributed by atoms with Crippen molar-refractivity contribution in [3.8, 4) is 0 Å². The maximum Gasteiger partial charge on any atom is 0.272 e. The SMILES string of the molecule is Cc1nc2c(c(=O)[nH]1)CCC21CCN(C(=O)c2c3c(nn2C)CCCC3)CC1. The number of hydrogen-bond acceptors (Lipinski definition) is 4. The molecule has 2 aromatic rings. The fourth-order valence-electron chi connectivity index (χ4n) is 5.49. The van der Waals surface area contributed by atoms with Crippen LogP contribution in [0.25, 0.3) is 0 Å². The molecule has 148 valence electrons. The Bertz CT molecular complexity index is 1010. The molecule has 1 aliphatic heterocycles. The number of carbonyl (C=O) groups is 1. The zero-order chi connectivity index (χ0) is 19.5. The molecule has 0 bridgehead atoms. The van der Waals surface area contributed by atoms with Gasteiger partial charge in [0.2, 0.25) is 0 Å². The molecule has 0 unspecified atom stereocenters. The molecular weight excluding hydrogens is 354 g/mol. The Kier molecular flexibility index (Phi) is 3.96. The summed E-state index contributed by atoms with van der Waals surface area (Å²) in [6.45, 7) is 3.27. The molecule has 7 heteroatoms. The molecule has 3 heterocycles. The Morgan fingerprint density at radius 2 is 1.82 bits per heavy atom. The lowest BCUT2D eigenvalue weighted by Crippen LogP contribution is -2.45. The highest BCUT2D eigenvalue weighted by atomic mass is 16.2. The third-order valence-electron chi connectivity index (χ3n) is 7.02. The molecule has 1 N–H and O–H groups in total. The quantitative estimate of drug-likeness (QED) is 0.817. The van der Waals surface area contributed by atoms with Crippen molar-refractivity contribution in [2.24, 2.45) is 7.05 Å². The summed E-state index contributed by atoms with van der Waals surface area (Å²) in [5, 5.41) is 4.61. The summed E-state index contributed by atoms with van der Waals surface area (Å²) in [6, 6.07) is 0. The van der Waals surface area contributed by atoms with Gasteiger partial charge in [0.05, 0.1) is 11.4 Å². The second-order valence-electron chi connectivity index (χ2n) is 8.66. The summed E-state index contributed by atoms with van der Waals surface area (Å²) in [5.41, 5.74) is 4.85. The number of nitrogens with one attached hydrogen (secondary N) is 1. The molecule has 3 aliphatic rings. The molecule has 2 aromatic heterocycles. The molecule has 0 saturated carbocycles. The predicted octanol–water partition coefficient (Wildman–Crippen LogP) is 1.81. The Morgan fingerprint density at radius 1 is 1.07 bits per heavy atom. The number of nitrogens with zero attached hydrogens (tertiary/aromatic N) is 4. The van der Waals surface area contributed by atoms with Gasteiger partial charge < -0.3 is 9.88 Å². The molecule has 1 saturated heterocycles. The van der Waals surface area contributed by atoms with Crippen molar-refractivity contribution in [1.29, 1.82) is 0 Å². The number of likely N-dealkylation sites (tertiary alicyclic amines) is 1. The number of aryl methyl sites for hydroxylation is 3. The predicted molar refractivity (Wildman–Crippen MR) is 105 cm³/mol. The fourth-order valence-corrected chi connectivity index (χ4v) is 5.49. The van der Waals surface area contributed by atoms with Crippen LogP contribution in [0, 0.1) is 6.92 Å². The first-order chi connectivity index (χ1) is 13.5. The lowest BCUT2D eigenvalue weighted by atomic mass is 9.76. The topological polar surface area (TPSA) is 83.9 Å². The molecule has 0 radical (unpaired) electrons. The number of hydrogen-bond donors (Lipinski definition) is 1. The van der Waals surface area contributed by atoms with Crippen LogP contribution in [0.4, 0.5) is 0 Å². The van der Waals surface area contributed by atoms with E-state index in [4.69, 9.17) is 4.98 Å². The highest BCUT2D eigenvalue weighted by Gasteiger charge is 2.45. The summed E-state index contributed by atoms with van der Waals surface area (Å²) < 4.78 is 1.79. The van der Waals surface area contributed by atoms with E-state index in [2.05, 4.69) is 10.1 Å². The molecule has 7 nitrogen and oxygen atoms in total. The van der Waals surface area contributed by atoms with Crippen molar-refractivity contribution in [3.63, 3.8) is 0 Å². The van der Waals surface area contributed by atoms with E-state index < -0.39 is 0 Å². The average Bonchev–Trinajstić information content (AvgIpc) is 3.19. The monoisotopic (exact) mass is 381 g/mol. The lowest BCUT2D eigenvalue weighted by molar-refractivity contribution is 0.0651. The molecule has 1 fully saturated rings. The Labute approximate surface area is 164 Å². The van der Waals surface area contributed by atoms with Crippen LogP contribution in [0.5, 0.6) is 0 Å². The smallest absolute Gasteiger partial charge is 0.272 e. The van der Waals surface area contributed by atoms with Gasteiger partial charge in [0.25, 0.3) is 11.5 Å². The first-order valence-electron chi connectivity index (χ1n) is 10.4. The summed E-state index contributed by atoms with van der Waals surface area (Å²) >= 11 is 0. The number of rotatable bonds is 1. The number of piperidine rings is 1. The van der Waals surface area contributed by atoms with E-state index >= 15 is 0 Å². The van der Waals surface area contributed by atoms with E-state index in [-0.39, 0.29) is 16.9 Å². The number of fused-ring (bicyclic) bond motifs is 3. The maximum absolute atomic E-state index is 13.3. The molecule has 5 rings (SSSR count). The molecule has 0 aromatic carbocycles. The molecule has 1 amide bonds. The fraction of sp³-hybridized carbons (Fsp3) is 0.619. The van der Waals surface area contributed by atoms with Gasteiger partial charge in [-0.3, -0.25) is 14.3 Å². The van der Waals surface area contributed by atoms with Gasteiger partial charge in [-0.2, -0.15) is 5.10 Å². The van der Waals surface area contributed by atoms with Gasteiger partial charge in [-0.1, -0.05) is 0 Å². The Balaban J connectivity index is 1.39.